The van der Waals surface area contributed by atoms with E-state index in [1.54, 1.807) is 0 Å². The van der Waals surface area contributed by atoms with Crippen molar-refractivity contribution in [1.82, 2.24) is 0 Å². The number of aliphatic hydroxyl groups excluding tert-OH is 3. The molecule has 1 heterocycles. The van der Waals surface area contributed by atoms with E-state index in [0.717, 1.165) is 0 Å². The summed E-state index contributed by atoms with van der Waals surface area (Å²) in [5.74, 6) is -6.85. The van der Waals surface area contributed by atoms with Crippen molar-refractivity contribution in [1.29, 1.82) is 0 Å². The van der Waals surface area contributed by atoms with Crippen LogP contribution in [0.15, 0.2) is 12.2 Å². The van der Waals surface area contributed by atoms with E-state index in [4.69, 9.17) is 5.11 Å². The van der Waals surface area contributed by atoms with Crippen molar-refractivity contribution in [2.75, 3.05) is 6.61 Å². The second-order valence-corrected chi connectivity index (χ2v) is 4.05. The zero-order valence-electron chi connectivity index (χ0n) is 10.9. The fourth-order valence-electron chi connectivity index (χ4n) is 1.36. The van der Waals surface area contributed by atoms with E-state index in [0.29, 0.717) is 12.2 Å². The Kier molecular flexibility index (Phi) is 6.44. The molecule has 0 amide bonds. The number of rotatable bonds is 3. The third kappa shape index (κ3) is 5.12. The van der Waals surface area contributed by atoms with Crippen LogP contribution in [0.1, 0.15) is 6.42 Å². The van der Waals surface area contributed by atoms with E-state index >= 15 is 0 Å². The molecule has 0 aromatic carbocycles. The highest BCUT2D eigenvalue weighted by Crippen LogP contribution is 2.17. The zero-order valence-corrected chi connectivity index (χ0v) is 10.9. The molecule has 22 heavy (non-hydrogen) atoms. The van der Waals surface area contributed by atoms with Crippen LogP contribution >= 0.6 is 0 Å². The minimum absolute atomic E-state index is 0.527. The summed E-state index contributed by atoms with van der Waals surface area (Å²) in [4.78, 5) is 61.3. The second kappa shape index (κ2) is 8.07. The minimum Gasteiger partial charge on any atom is -0.394 e. The highest BCUT2D eigenvalue weighted by atomic mass is 17.2. The van der Waals surface area contributed by atoms with Crippen LogP contribution in [-0.2, 0) is 38.7 Å². The van der Waals surface area contributed by atoms with Crippen LogP contribution in [0.25, 0.3) is 0 Å². The van der Waals surface area contributed by atoms with Gasteiger partial charge in [-0.2, -0.15) is 0 Å². The van der Waals surface area contributed by atoms with Crippen LogP contribution in [0.4, 0.5) is 0 Å². The molecule has 0 fully saturated rings. The maximum atomic E-state index is 11.7. The lowest BCUT2D eigenvalue weighted by Crippen LogP contribution is -2.42. The molecule has 0 aromatic heterocycles. The average Bonchev–Trinajstić information content (AvgIpc) is 2.51. The standard InChI is InChI=1S/C11H12O11/c12-4-6(13)10(17)5-3-9(16)21-19-7(14)1-2-8(15)20-22-11(5)18/h1-2,5-6,10,12-13,17H,3-4H2/b2-1-. The number of aliphatic hydroxyl groups is 3. The van der Waals surface area contributed by atoms with Crippen LogP contribution in [0.5, 0.6) is 0 Å². The van der Waals surface area contributed by atoms with Crippen molar-refractivity contribution in [3.63, 3.8) is 0 Å². The third-order valence-electron chi connectivity index (χ3n) is 2.46. The van der Waals surface area contributed by atoms with Crippen molar-refractivity contribution in [2.24, 2.45) is 5.92 Å². The maximum absolute atomic E-state index is 11.7. The predicted molar refractivity (Wildman–Crippen MR) is 60.7 cm³/mol. The lowest BCUT2D eigenvalue weighted by atomic mass is 9.95. The molecule has 3 atom stereocenters. The second-order valence-electron chi connectivity index (χ2n) is 4.05. The topological polar surface area (TPSA) is 166 Å². The first kappa shape index (κ1) is 17.6. The van der Waals surface area contributed by atoms with E-state index in [9.17, 15) is 29.4 Å². The summed E-state index contributed by atoms with van der Waals surface area (Å²) in [5.41, 5.74) is 0. The van der Waals surface area contributed by atoms with Crippen molar-refractivity contribution in [3.8, 4) is 0 Å². The summed E-state index contributed by atoms with van der Waals surface area (Å²) in [6, 6.07) is 0. The maximum Gasteiger partial charge on any atom is 0.379 e. The van der Waals surface area contributed by atoms with Gasteiger partial charge in [-0.1, -0.05) is 0 Å². The lowest BCUT2D eigenvalue weighted by molar-refractivity contribution is -0.267. The molecule has 0 radical (unpaired) electrons. The van der Waals surface area contributed by atoms with Gasteiger partial charge in [0.1, 0.15) is 12.0 Å². The van der Waals surface area contributed by atoms with Crippen LogP contribution in [0.3, 0.4) is 0 Å². The molecule has 3 unspecified atom stereocenters. The molecular weight excluding hydrogens is 308 g/mol. The van der Waals surface area contributed by atoms with Gasteiger partial charge in [-0.15, -0.1) is 0 Å². The summed E-state index contributed by atoms with van der Waals surface area (Å²) in [6.07, 6.45) is -3.52. The molecule has 3 N–H and O–H groups in total. The van der Waals surface area contributed by atoms with Gasteiger partial charge in [-0.3, -0.25) is 0 Å². The molecule has 0 bridgehead atoms. The van der Waals surface area contributed by atoms with Crippen LogP contribution in [0.2, 0.25) is 0 Å². The van der Waals surface area contributed by atoms with Gasteiger partial charge in [-0.25, -0.2) is 38.7 Å². The normalized spacial score (nSPS) is 24.6. The molecule has 1 rings (SSSR count). The molecule has 1 aliphatic heterocycles. The van der Waals surface area contributed by atoms with Crippen molar-refractivity contribution >= 4 is 23.9 Å². The Labute approximate surface area is 122 Å². The van der Waals surface area contributed by atoms with Crippen LogP contribution in [-0.4, -0.2) is 58.0 Å². The van der Waals surface area contributed by atoms with Gasteiger partial charge >= 0.3 is 23.9 Å². The minimum atomic E-state index is -1.93. The fourth-order valence-corrected chi connectivity index (χ4v) is 1.36. The fraction of sp³-hybridized carbons (Fsp3) is 0.455. The summed E-state index contributed by atoms with van der Waals surface area (Å²) in [5, 5.41) is 27.7. The number of hydrogen-bond donors (Lipinski definition) is 3. The Morgan fingerprint density at radius 3 is 2.09 bits per heavy atom. The smallest absolute Gasteiger partial charge is 0.379 e. The Balaban J connectivity index is 2.93. The lowest BCUT2D eigenvalue weighted by Gasteiger charge is -2.22. The average molecular weight is 320 g/mol. The van der Waals surface area contributed by atoms with Crippen molar-refractivity contribution < 1.29 is 54.0 Å². The number of hydrogen-bond acceptors (Lipinski definition) is 11. The largest absolute Gasteiger partial charge is 0.394 e. The Morgan fingerprint density at radius 1 is 1.00 bits per heavy atom. The van der Waals surface area contributed by atoms with Gasteiger partial charge < -0.3 is 15.3 Å². The Morgan fingerprint density at radius 2 is 1.55 bits per heavy atom. The molecule has 11 nitrogen and oxygen atoms in total. The van der Waals surface area contributed by atoms with Crippen molar-refractivity contribution in [3.05, 3.63) is 12.2 Å². The van der Waals surface area contributed by atoms with Crippen LogP contribution < -0.4 is 0 Å². The van der Waals surface area contributed by atoms with Gasteiger partial charge in [-0.05, 0) is 0 Å². The van der Waals surface area contributed by atoms with Gasteiger partial charge in [0, 0.05) is 12.2 Å². The molecular formula is C11H12O11. The van der Waals surface area contributed by atoms with Gasteiger partial charge in [0.2, 0.25) is 0 Å². The molecule has 0 saturated carbocycles. The number of carbonyl (C=O) groups is 4. The summed E-state index contributed by atoms with van der Waals surface area (Å²) < 4.78 is 0. The Hall–Kier alpha value is -2.50. The quantitative estimate of drug-likeness (QED) is 0.462. The van der Waals surface area contributed by atoms with E-state index < -0.39 is 55.0 Å². The zero-order chi connectivity index (χ0) is 16.7. The molecule has 0 aliphatic carbocycles. The van der Waals surface area contributed by atoms with Crippen molar-refractivity contribution in [2.45, 2.75) is 18.6 Å². The first-order chi connectivity index (χ1) is 10.3. The van der Waals surface area contributed by atoms with E-state index in [2.05, 4.69) is 19.6 Å². The molecule has 0 spiro atoms. The molecule has 122 valence electrons. The summed E-state index contributed by atoms with van der Waals surface area (Å²) in [6.45, 7) is -0.919. The first-order valence-electron chi connectivity index (χ1n) is 5.84. The van der Waals surface area contributed by atoms with Gasteiger partial charge in [0.05, 0.1) is 19.1 Å². The highest BCUT2D eigenvalue weighted by molar-refractivity contribution is 5.92. The van der Waals surface area contributed by atoms with Gasteiger partial charge in [0.15, 0.2) is 0 Å². The summed E-state index contributed by atoms with van der Waals surface area (Å²) >= 11 is 0. The van der Waals surface area contributed by atoms with Gasteiger partial charge in [0.25, 0.3) is 0 Å². The predicted octanol–water partition coefficient (Wildman–Crippen LogP) is -2.72. The third-order valence-corrected chi connectivity index (χ3v) is 2.46. The first-order valence-corrected chi connectivity index (χ1v) is 5.84. The monoisotopic (exact) mass is 320 g/mol. The molecule has 0 aromatic rings. The molecule has 0 saturated heterocycles. The van der Waals surface area contributed by atoms with E-state index in [1.165, 1.54) is 0 Å². The highest BCUT2D eigenvalue weighted by Gasteiger charge is 2.37. The van der Waals surface area contributed by atoms with Crippen LogP contribution in [0, 0.1) is 5.92 Å². The molecule has 11 heteroatoms. The van der Waals surface area contributed by atoms with E-state index in [-0.39, 0.29) is 0 Å². The number of carbonyl (C=O) groups excluding carboxylic acids is 4. The SMILES string of the molecule is O=C1/C=C\C(=O)OOC(=O)C(C(O)C(O)CO)CC(=O)OO1. The van der Waals surface area contributed by atoms with E-state index in [1.807, 2.05) is 0 Å². The Bertz CT molecular complexity index is 482. The summed E-state index contributed by atoms with van der Waals surface area (Å²) in [7, 11) is 0. The molecule has 1 aliphatic rings.